The molecule has 0 saturated heterocycles. The highest BCUT2D eigenvalue weighted by molar-refractivity contribution is 9.10. The van der Waals surface area contributed by atoms with Crippen molar-refractivity contribution in [1.82, 2.24) is 10.3 Å². The molecule has 1 atom stereocenters. The SMILES string of the molecule is C[C@H](NC(=O)/C=C/c1cccc(Br)n1)c1ccccc1. The minimum atomic E-state index is -0.136. The molecule has 1 N–H and O–H groups in total. The summed E-state index contributed by atoms with van der Waals surface area (Å²) in [7, 11) is 0. The number of pyridine rings is 1. The van der Waals surface area contributed by atoms with E-state index in [1.54, 1.807) is 6.08 Å². The molecule has 2 aromatic rings. The molecule has 1 aromatic heterocycles. The van der Waals surface area contributed by atoms with E-state index >= 15 is 0 Å². The maximum atomic E-state index is 11.8. The van der Waals surface area contributed by atoms with E-state index in [-0.39, 0.29) is 11.9 Å². The van der Waals surface area contributed by atoms with E-state index in [0.29, 0.717) is 0 Å². The predicted molar refractivity (Wildman–Crippen MR) is 84.0 cm³/mol. The van der Waals surface area contributed by atoms with Crippen LogP contribution in [0.25, 0.3) is 6.08 Å². The van der Waals surface area contributed by atoms with E-state index < -0.39 is 0 Å². The first-order valence-corrected chi connectivity index (χ1v) is 7.10. The monoisotopic (exact) mass is 330 g/mol. The lowest BCUT2D eigenvalue weighted by molar-refractivity contribution is -0.117. The number of benzene rings is 1. The van der Waals surface area contributed by atoms with E-state index in [1.807, 2.05) is 55.5 Å². The zero-order valence-corrected chi connectivity index (χ0v) is 12.7. The van der Waals surface area contributed by atoms with Gasteiger partial charge in [0.05, 0.1) is 11.7 Å². The number of hydrogen-bond acceptors (Lipinski definition) is 2. The fourth-order valence-corrected chi connectivity index (χ4v) is 2.12. The third-order valence-corrected chi connectivity index (χ3v) is 3.24. The molecular weight excluding hydrogens is 316 g/mol. The molecule has 1 amide bonds. The van der Waals surface area contributed by atoms with Crippen LogP contribution in [0.15, 0.2) is 59.2 Å². The van der Waals surface area contributed by atoms with Gasteiger partial charge in [-0.15, -0.1) is 0 Å². The van der Waals surface area contributed by atoms with Gasteiger partial charge in [0.15, 0.2) is 0 Å². The van der Waals surface area contributed by atoms with Gasteiger partial charge in [-0.05, 0) is 46.6 Å². The maximum Gasteiger partial charge on any atom is 0.244 e. The Hall–Kier alpha value is -1.94. The van der Waals surface area contributed by atoms with Crippen LogP contribution in [0, 0.1) is 0 Å². The van der Waals surface area contributed by atoms with Crippen LogP contribution in [0.3, 0.4) is 0 Å². The van der Waals surface area contributed by atoms with Crippen molar-refractivity contribution in [3.05, 3.63) is 70.5 Å². The topological polar surface area (TPSA) is 42.0 Å². The minimum Gasteiger partial charge on any atom is -0.346 e. The Bertz CT molecular complexity index is 611. The van der Waals surface area contributed by atoms with E-state index in [4.69, 9.17) is 0 Å². The lowest BCUT2D eigenvalue weighted by Gasteiger charge is -2.12. The van der Waals surface area contributed by atoms with Gasteiger partial charge in [-0.3, -0.25) is 4.79 Å². The Labute approximate surface area is 126 Å². The highest BCUT2D eigenvalue weighted by Crippen LogP contribution is 2.11. The predicted octanol–water partition coefficient (Wildman–Crippen LogP) is 3.73. The number of aromatic nitrogens is 1. The first-order chi connectivity index (χ1) is 9.65. The number of amides is 1. The number of rotatable bonds is 4. The van der Waals surface area contributed by atoms with Gasteiger partial charge in [0.2, 0.25) is 5.91 Å². The fraction of sp³-hybridized carbons (Fsp3) is 0.125. The highest BCUT2D eigenvalue weighted by atomic mass is 79.9. The number of nitrogens with zero attached hydrogens (tertiary/aromatic N) is 1. The molecule has 0 aliphatic rings. The van der Waals surface area contributed by atoms with Crippen LogP contribution in [0.1, 0.15) is 24.2 Å². The molecule has 0 unspecified atom stereocenters. The normalized spacial score (nSPS) is 12.3. The molecular formula is C16H15BrN2O. The lowest BCUT2D eigenvalue weighted by atomic mass is 10.1. The van der Waals surface area contributed by atoms with Crippen molar-refractivity contribution >= 4 is 27.9 Å². The van der Waals surface area contributed by atoms with Crippen LogP contribution < -0.4 is 5.32 Å². The van der Waals surface area contributed by atoms with Gasteiger partial charge in [-0.2, -0.15) is 0 Å². The van der Waals surface area contributed by atoms with E-state index in [2.05, 4.69) is 26.2 Å². The molecule has 0 bridgehead atoms. The highest BCUT2D eigenvalue weighted by Gasteiger charge is 2.06. The van der Waals surface area contributed by atoms with Crippen LogP contribution in [0.4, 0.5) is 0 Å². The van der Waals surface area contributed by atoms with E-state index in [1.165, 1.54) is 6.08 Å². The Morgan fingerprint density at radius 3 is 2.65 bits per heavy atom. The summed E-state index contributed by atoms with van der Waals surface area (Å²) in [6, 6.07) is 15.4. The molecule has 0 fully saturated rings. The molecule has 0 spiro atoms. The summed E-state index contributed by atoms with van der Waals surface area (Å²) in [6.45, 7) is 1.96. The smallest absolute Gasteiger partial charge is 0.244 e. The van der Waals surface area contributed by atoms with Crippen molar-refractivity contribution in [3.63, 3.8) is 0 Å². The quantitative estimate of drug-likeness (QED) is 0.685. The summed E-state index contributed by atoms with van der Waals surface area (Å²) in [5, 5.41) is 2.92. The average Bonchev–Trinajstić information content (AvgIpc) is 2.46. The Morgan fingerprint density at radius 2 is 1.95 bits per heavy atom. The van der Waals surface area contributed by atoms with Crippen LogP contribution in [-0.4, -0.2) is 10.9 Å². The zero-order valence-electron chi connectivity index (χ0n) is 11.1. The molecule has 20 heavy (non-hydrogen) atoms. The van der Waals surface area contributed by atoms with Crippen LogP contribution >= 0.6 is 15.9 Å². The molecule has 102 valence electrons. The van der Waals surface area contributed by atoms with E-state index in [9.17, 15) is 4.79 Å². The van der Waals surface area contributed by atoms with Crippen molar-refractivity contribution in [2.24, 2.45) is 0 Å². The number of halogens is 1. The molecule has 1 heterocycles. The Kier molecular flexibility index (Phi) is 5.07. The van der Waals surface area contributed by atoms with Crippen molar-refractivity contribution in [1.29, 1.82) is 0 Å². The molecule has 0 aliphatic heterocycles. The second kappa shape index (κ2) is 7.01. The average molecular weight is 331 g/mol. The van der Waals surface area contributed by atoms with Gasteiger partial charge >= 0.3 is 0 Å². The summed E-state index contributed by atoms with van der Waals surface area (Å²) in [5.74, 6) is -0.136. The maximum absolute atomic E-state index is 11.8. The van der Waals surface area contributed by atoms with Crippen molar-refractivity contribution in [2.45, 2.75) is 13.0 Å². The van der Waals surface area contributed by atoms with Crippen LogP contribution in [0.2, 0.25) is 0 Å². The van der Waals surface area contributed by atoms with Gasteiger partial charge in [0.25, 0.3) is 0 Å². The third kappa shape index (κ3) is 4.31. The number of nitrogens with one attached hydrogen (secondary N) is 1. The van der Waals surface area contributed by atoms with Gasteiger partial charge < -0.3 is 5.32 Å². The van der Waals surface area contributed by atoms with Gasteiger partial charge in [0, 0.05) is 6.08 Å². The second-order valence-corrected chi connectivity index (χ2v) is 5.17. The van der Waals surface area contributed by atoms with Gasteiger partial charge in [-0.1, -0.05) is 36.4 Å². The molecule has 0 saturated carbocycles. The van der Waals surface area contributed by atoms with Crippen LogP contribution in [0.5, 0.6) is 0 Å². The molecule has 0 radical (unpaired) electrons. The standard InChI is InChI=1S/C16H15BrN2O/c1-12(13-6-3-2-4-7-13)18-16(20)11-10-14-8-5-9-15(17)19-14/h2-12H,1H3,(H,18,20)/b11-10+/t12-/m0/s1. The number of carbonyl (C=O) groups is 1. The van der Waals surface area contributed by atoms with E-state index in [0.717, 1.165) is 15.9 Å². The largest absolute Gasteiger partial charge is 0.346 e. The van der Waals surface area contributed by atoms with Gasteiger partial charge in [-0.25, -0.2) is 4.98 Å². The summed E-state index contributed by atoms with van der Waals surface area (Å²) >= 11 is 3.29. The van der Waals surface area contributed by atoms with Crippen LogP contribution in [-0.2, 0) is 4.79 Å². The molecule has 3 nitrogen and oxygen atoms in total. The Balaban J connectivity index is 1.96. The fourth-order valence-electron chi connectivity index (χ4n) is 1.76. The van der Waals surface area contributed by atoms with Crippen molar-refractivity contribution < 1.29 is 4.79 Å². The van der Waals surface area contributed by atoms with Crippen molar-refractivity contribution in [2.75, 3.05) is 0 Å². The molecule has 0 aliphatic carbocycles. The summed E-state index contributed by atoms with van der Waals surface area (Å²) in [5.41, 5.74) is 1.82. The second-order valence-electron chi connectivity index (χ2n) is 4.36. The van der Waals surface area contributed by atoms with Crippen molar-refractivity contribution in [3.8, 4) is 0 Å². The lowest BCUT2D eigenvalue weighted by Crippen LogP contribution is -2.24. The van der Waals surface area contributed by atoms with Gasteiger partial charge in [0.1, 0.15) is 4.60 Å². The summed E-state index contributed by atoms with van der Waals surface area (Å²) in [4.78, 5) is 16.1. The molecule has 4 heteroatoms. The zero-order chi connectivity index (χ0) is 14.4. The number of hydrogen-bond donors (Lipinski definition) is 1. The summed E-state index contributed by atoms with van der Waals surface area (Å²) in [6.07, 6.45) is 3.19. The number of carbonyl (C=O) groups excluding carboxylic acids is 1. The summed E-state index contributed by atoms with van der Waals surface area (Å²) < 4.78 is 0.748. The molecule has 1 aromatic carbocycles. The molecule has 2 rings (SSSR count). The third-order valence-electron chi connectivity index (χ3n) is 2.80. The first kappa shape index (κ1) is 14.5. The minimum absolute atomic E-state index is 0.0242. The Morgan fingerprint density at radius 1 is 1.20 bits per heavy atom. The first-order valence-electron chi connectivity index (χ1n) is 6.31.